The molecule has 4 aromatic rings. The molecule has 0 saturated carbocycles. The second-order valence-electron chi connectivity index (χ2n) is 6.92. The zero-order valence-corrected chi connectivity index (χ0v) is 15.8. The number of methoxy groups -OCH3 is 1. The highest BCUT2D eigenvalue weighted by Crippen LogP contribution is 2.36. The van der Waals surface area contributed by atoms with Crippen LogP contribution in [-0.2, 0) is 16.0 Å². The summed E-state index contributed by atoms with van der Waals surface area (Å²) in [5.74, 6) is -1.65. The van der Waals surface area contributed by atoms with Crippen molar-refractivity contribution < 1.29 is 19.4 Å². The lowest BCUT2D eigenvalue weighted by Crippen LogP contribution is -2.07. The van der Waals surface area contributed by atoms with Crippen molar-refractivity contribution in [1.82, 2.24) is 14.8 Å². The number of hydrogen-bond donors (Lipinski definition) is 1. The number of esters is 1. The molecule has 0 bridgehead atoms. The van der Waals surface area contributed by atoms with Crippen molar-refractivity contribution >= 4 is 27.8 Å². The van der Waals surface area contributed by atoms with Crippen LogP contribution in [0.5, 0.6) is 0 Å². The van der Waals surface area contributed by atoms with E-state index in [1.54, 1.807) is 10.8 Å². The molecule has 0 aliphatic heterocycles. The second-order valence-corrected chi connectivity index (χ2v) is 6.92. The lowest BCUT2D eigenvalue weighted by molar-refractivity contribution is -0.140. The molecule has 0 aliphatic rings. The van der Waals surface area contributed by atoms with E-state index in [4.69, 9.17) is 10.2 Å². The van der Waals surface area contributed by atoms with Crippen molar-refractivity contribution in [3.8, 4) is 5.69 Å². The van der Waals surface area contributed by atoms with Crippen LogP contribution in [0.25, 0.3) is 27.5 Å². The van der Waals surface area contributed by atoms with Crippen LogP contribution in [0.2, 0.25) is 0 Å². The van der Waals surface area contributed by atoms with Crippen LogP contribution in [-0.4, -0.2) is 27.8 Å². The topological polar surface area (TPSA) is 59.9 Å². The number of benzene rings is 2. The lowest BCUT2D eigenvalue weighted by Gasteiger charge is -2.15. The Morgan fingerprint density at radius 3 is 2.75 bits per heavy atom. The molecule has 5 nitrogen and oxygen atoms in total. The Balaban J connectivity index is 2.15. The molecule has 6 heteroatoms. The maximum Gasteiger partial charge on any atom is 0.305 e. The number of hydrogen-bond acceptors (Lipinski definition) is 3. The quantitative estimate of drug-likeness (QED) is 0.500. The number of rotatable bonds is 5. The summed E-state index contributed by atoms with van der Waals surface area (Å²) in [5.41, 5.74) is 2.95. The zero-order chi connectivity index (χ0) is 23.3. The third-order valence-corrected chi connectivity index (χ3v) is 4.83. The summed E-state index contributed by atoms with van der Waals surface area (Å²) >= 11 is 0. The summed E-state index contributed by atoms with van der Waals surface area (Å²) in [6.07, 6.45) is 2.14. The molecule has 28 heavy (non-hydrogen) atoms. The number of H-pyrrole nitrogens is 1. The van der Waals surface area contributed by atoms with E-state index in [1.165, 1.54) is 7.11 Å². The smallest absolute Gasteiger partial charge is 0.305 e. The van der Waals surface area contributed by atoms with E-state index in [0.29, 0.717) is 11.9 Å². The Bertz CT molecular complexity index is 1350. The third-order valence-electron chi connectivity index (χ3n) is 4.83. The number of fused-ring (bicyclic) bond motifs is 2. The van der Waals surface area contributed by atoms with Crippen LogP contribution in [0.1, 0.15) is 42.9 Å². The van der Waals surface area contributed by atoms with Crippen molar-refractivity contribution in [3.63, 3.8) is 0 Å². The fourth-order valence-electron chi connectivity index (χ4n) is 3.65. The van der Waals surface area contributed by atoms with Crippen LogP contribution in [0, 0.1) is 5.82 Å². The normalized spacial score (nSPS) is 13.6. The molecule has 0 radical (unpaired) electrons. The molecule has 2 heterocycles. The Hall–Kier alpha value is -3.15. The molecule has 0 unspecified atom stereocenters. The molecule has 0 saturated heterocycles. The second kappa shape index (κ2) is 7.11. The maximum absolute atomic E-state index is 14.3. The van der Waals surface area contributed by atoms with Crippen molar-refractivity contribution in [3.05, 3.63) is 59.6 Å². The molecule has 144 valence electrons. The molecular weight excluding hydrogens is 357 g/mol. The van der Waals surface area contributed by atoms with E-state index in [1.807, 2.05) is 26.0 Å². The number of nitrogens with zero attached hydrogens (tertiary/aromatic N) is 2. The molecule has 0 fully saturated rings. The van der Waals surface area contributed by atoms with E-state index < -0.39 is 30.0 Å². The SMILES string of the molecule is [2H]c1c([2H])c(-n2c(C(C)C)c(CCC(=O)OC)c3cc4[nH]ncc4cc32)c([2H])c([2H])c1F. The Morgan fingerprint density at radius 1 is 1.32 bits per heavy atom. The third kappa shape index (κ3) is 3.05. The number of carbonyl (C=O) groups is 1. The van der Waals surface area contributed by atoms with Gasteiger partial charge in [-0.25, -0.2) is 4.39 Å². The zero-order valence-electron chi connectivity index (χ0n) is 19.8. The van der Waals surface area contributed by atoms with Crippen molar-refractivity contribution in [2.24, 2.45) is 0 Å². The van der Waals surface area contributed by atoms with Crippen molar-refractivity contribution in [2.75, 3.05) is 7.11 Å². The van der Waals surface area contributed by atoms with Gasteiger partial charge >= 0.3 is 5.97 Å². The number of aromatic nitrogens is 3. The standard InChI is InChI=1S/C22H22FN3O2/c1-13(2)22-17(8-9-21(27)28-3)18-11-19-14(12-24-25-19)10-20(18)26(22)16-6-4-15(23)5-7-16/h4-7,10-13H,8-9H2,1-3H3,(H,24,25)/i4D,5D,6D,7D. The highest BCUT2D eigenvalue weighted by Gasteiger charge is 2.22. The number of aromatic amines is 1. The van der Waals surface area contributed by atoms with Crippen molar-refractivity contribution in [1.29, 1.82) is 0 Å². The fraction of sp³-hybridized carbons (Fsp3) is 0.273. The predicted octanol–water partition coefficient (Wildman–Crippen LogP) is 4.87. The predicted molar refractivity (Wildman–Crippen MR) is 107 cm³/mol. The molecule has 0 atom stereocenters. The molecule has 2 aromatic heterocycles. The van der Waals surface area contributed by atoms with Gasteiger partial charge < -0.3 is 9.30 Å². The first kappa shape index (κ1) is 13.9. The Kier molecular flexibility index (Phi) is 3.54. The molecule has 1 N–H and O–H groups in total. The maximum atomic E-state index is 14.3. The van der Waals surface area contributed by atoms with Gasteiger partial charge in [0.2, 0.25) is 0 Å². The van der Waals surface area contributed by atoms with Gasteiger partial charge in [0.25, 0.3) is 0 Å². The first-order valence-corrected chi connectivity index (χ1v) is 9.00. The van der Waals surface area contributed by atoms with Gasteiger partial charge in [0.15, 0.2) is 0 Å². The molecule has 0 aliphatic carbocycles. The number of nitrogens with one attached hydrogen (secondary N) is 1. The number of ether oxygens (including phenoxy) is 1. The molecular formula is C22H22FN3O2. The fourth-order valence-corrected chi connectivity index (χ4v) is 3.65. The van der Waals surface area contributed by atoms with Crippen LogP contribution >= 0.6 is 0 Å². The Morgan fingerprint density at radius 2 is 2.07 bits per heavy atom. The summed E-state index contributed by atoms with van der Waals surface area (Å²) < 4.78 is 53.5. The van der Waals surface area contributed by atoms with Gasteiger partial charge in [-0.2, -0.15) is 5.10 Å². The minimum atomic E-state index is -1.19. The Labute approximate surface area is 167 Å². The average molecular weight is 383 g/mol. The van der Waals surface area contributed by atoms with Gasteiger partial charge in [0.05, 0.1) is 29.8 Å². The molecule has 2 aromatic carbocycles. The largest absolute Gasteiger partial charge is 0.469 e. The number of halogens is 1. The monoisotopic (exact) mass is 383 g/mol. The molecule has 4 rings (SSSR count). The summed E-state index contributed by atoms with van der Waals surface area (Å²) in [7, 11) is 1.33. The van der Waals surface area contributed by atoms with Gasteiger partial charge in [-0.3, -0.25) is 9.89 Å². The van der Waals surface area contributed by atoms with Gasteiger partial charge in [-0.1, -0.05) is 13.8 Å². The van der Waals surface area contributed by atoms with Gasteiger partial charge in [-0.15, -0.1) is 0 Å². The van der Waals surface area contributed by atoms with E-state index in [-0.39, 0.29) is 24.0 Å². The van der Waals surface area contributed by atoms with Crippen LogP contribution < -0.4 is 0 Å². The first-order valence-electron chi connectivity index (χ1n) is 11.0. The number of carbonyl (C=O) groups excluding carboxylic acids is 1. The van der Waals surface area contributed by atoms with Gasteiger partial charge in [-0.05, 0) is 54.2 Å². The van der Waals surface area contributed by atoms with E-state index >= 15 is 0 Å². The summed E-state index contributed by atoms with van der Waals surface area (Å²) in [6, 6.07) is 1.36. The molecule has 0 amide bonds. The van der Waals surface area contributed by atoms with Gasteiger partial charge in [0, 0.05) is 28.6 Å². The number of aryl methyl sites for hydroxylation is 1. The highest BCUT2D eigenvalue weighted by molar-refractivity contribution is 5.98. The van der Waals surface area contributed by atoms with Crippen LogP contribution in [0.4, 0.5) is 4.39 Å². The van der Waals surface area contributed by atoms with Crippen LogP contribution in [0.15, 0.2) is 42.5 Å². The average Bonchev–Trinajstić information content (AvgIpc) is 3.35. The van der Waals surface area contributed by atoms with Gasteiger partial charge in [0.1, 0.15) is 5.82 Å². The van der Waals surface area contributed by atoms with E-state index in [9.17, 15) is 9.18 Å². The van der Waals surface area contributed by atoms with Crippen molar-refractivity contribution in [2.45, 2.75) is 32.6 Å². The molecule has 0 spiro atoms. The first-order chi connectivity index (χ1) is 15.2. The minimum Gasteiger partial charge on any atom is -0.469 e. The van der Waals surface area contributed by atoms with Crippen LogP contribution in [0.3, 0.4) is 0 Å². The highest BCUT2D eigenvalue weighted by atomic mass is 19.1. The summed E-state index contributed by atoms with van der Waals surface area (Å²) in [5, 5.41) is 8.57. The summed E-state index contributed by atoms with van der Waals surface area (Å²) in [4.78, 5) is 11.9. The minimum absolute atomic E-state index is 0.0257. The summed E-state index contributed by atoms with van der Waals surface area (Å²) in [6.45, 7) is 3.89. The van der Waals surface area contributed by atoms with E-state index in [2.05, 4.69) is 10.2 Å². The lowest BCUT2D eigenvalue weighted by atomic mass is 9.99. The van der Waals surface area contributed by atoms with E-state index in [0.717, 1.165) is 27.5 Å².